The Morgan fingerprint density at radius 1 is 1.32 bits per heavy atom. The second-order valence-corrected chi connectivity index (χ2v) is 7.43. The second-order valence-electron chi connectivity index (χ2n) is 6.27. The maximum atomic E-state index is 10.3. The number of ether oxygens (including phenoxy) is 1. The molecule has 0 amide bonds. The zero-order valence-electron chi connectivity index (χ0n) is 15.2. The largest absolute Gasteiger partial charge is 0.504 e. The van der Waals surface area contributed by atoms with Gasteiger partial charge in [-0.15, -0.1) is 6.58 Å². The fraction of sp³-hybridized carbons (Fsp3) is 0.500. The third-order valence-electron chi connectivity index (χ3n) is 4.25. The molecule has 5 heteroatoms. The highest BCUT2D eigenvalue weighted by atomic mass is 127. The van der Waals surface area contributed by atoms with E-state index < -0.39 is 12.2 Å². The van der Waals surface area contributed by atoms with Gasteiger partial charge in [-0.3, -0.25) is 0 Å². The predicted molar refractivity (Wildman–Crippen MR) is 111 cm³/mol. The Labute approximate surface area is 164 Å². The summed E-state index contributed by atoms with van der Waals surface area (Å²) in [6.45, 7) is 7.49. The maximum absolute atomic E-state index is 10.3. The summed E-state index contributed by atoms with van der Waals surface area (Å²) < 4.78 is 5.95. The lowest BCUT2D eigenvalue weighted by atomic mass is 9.91. The van der Waals surface area contributed by atoms with Crippen molar-refractivity contribution in [1.29, 1.82) is 0 Å². The minimum absolute atomic E-state index is 0.151. The van der Waals surface area contributed by atoms with Crippen molar-refractivity contribution in [2.24, 2.45) is 5.92 Å². The fourth-order valence-corrected chi connectivity index (χ4v) is 3.49. The number of hydrogen-bond donors (Lipinski definition) is 3. The van der Waals surface area contributed by atoms with Gasteiger partial charge in [-0.05, 0) is 66.5 Å². The van der Waals surface area contributed by atoms with Crippen LogP contribution in [0.25, 0.3) is 6.08 Å². The van der Waals surface area contributed by atoms with E-state index in [0.717, 1.165) is 28.4 Å². The van der Waals surface area contributed by atoms with Crippen LogP contribution < -0.4 is 4.74 Å². The van der Waals surface area contributed by atoms with E-state index in [2.05, 4.69) is 42.2 Å². The maximum Gasteiger partial charge on any atom is 0.171 e. The summed E-state index contributed by atoms with van der Waals surface area (Å²) in [6, 6.07) is 3.72. The average Bonchev–Trinajstić information content (AvgIpc) is 2.56. The van der Waals surface area contributed by atoms with Crippen LogP contribution in [0, 0.1) is 9.49 Å². The number of phenolic OH excluding ortho intramolecular Hbond substituents is 1. The summed E-state index contributed by atoms with van der Waals surface area (Å²) in [5.41, 5.74) is 2.19. The lowest BCUT2D eigenvalue weighted by Gasteiger charge is -2.22. The van der Waals surface area contributed by atoms with Gasteiger partial charge in [-0.25, -0.2) is 0 Å². The summed E-state index contributed by atoms with van der Waals surface area (Å²) >= 11 is 2.08. The van der Waals surface area contributed by atoms with Gasteiger partial charge in [-0.2, -0.15) is 0 Å². The molecule has 0 aliphatic carbocycles. The highest BCUT2D eigenvalue weighted by Gasteiger charge is 2.20. The number of benzene rings is 1. The first-order chi connectivity index (χ1) is 11.8. The van der Waals surface area contributed by atoms with E-state index in [9.17, 15) is 15.3 Å². The van der Waals surface area contributed by atoms with Crippen molar-refractivity contribution < 1.29 is 20.1 Å². The molecule has 0 spiro atoms. The lowest BCUT2D eigenvalue weighted by Crippen LogP contribution is -2.28. The SMILES string of the molecule is C=C[C@H]([C@H](O)CC/C(=C/c1cc(I)c(O)c(OC)c1)CCC)[C@@H](C)O. The topological polar surface area (TPSA) is 69.9 Å². The molecule has 0 heterocycles. The Hall–Kier alpha value is -1.05. The molecular formula is C20H29IO4. The molecule has 0 bridgehead atoms. The number of phenols is 1. The zero-order chi connectivity index (χ0) is 19.0. The van der Waals surface area contributed by atoms with Crippen LogP contribution in [0.15, 0.2) is 30.4 Å². The Bertz CT molecular complexity index is 596. The van der Waals surface area contributed by atoms with E-state index in [4.69, 9.17) is 4.74 Å². The molecule has 25 heavy (non-hydrogen) atoms. The molecule has 0 radical (unpaired) electrons. The Kier molecular flexibility index (Phi) is 9.53. The number of allylic oxidation sites excluding steroid dienone is 1. The summed E-state index contributed by atoms with van der Waals surface area (Å²) in [5, 5.41) is 30.0. The molecule has 0 aromatic heterocycles. The van der Waals surface area contributed by atoms with Crippen molar-refractivity contribution in [3.63, 3.8) is 0 Å². The Morgan fingerprint density at radius 2 is 2.00 bits per heavy atom. The van der Waals surface area contributed by atoms with Crippen LogP contribution in [0.2, 0.25) is 0 Å². The van der Waals surface area contributed by atoms with Crippen LogP contribution in [-0.2, 0) is 0 Å². The number of aliphatic hydroxyl groups excluding tert-OH is 2. The van der Waals surface area contributed by atoms with Crippen molar-refractivity contribution in [2.45, 2.75) is 51.7 Å². The molecule has 1 aromatic rings. The first-order valence-corrected chi connectivity index (χ1v) is 9.66. The zero-order valence-corrected chi connectivity index (χ0v) is 17.4. The number of rotatable bonds is 10. The molecule has 0 aliphatic rings. The summed E-state index contributed by atoms with van der Waals surface area (Å²) in [4.78, 5) is 0. The van der Waals surface area contributed by atoms with Crippen LogP contribution in [0.4, 0.5) is 0 Å². The van der Waals surface area contributed by atoms with E-state index >= 15 is 0 Å². The molecule has 3 N–H and O–H groups in total. The Morgan fingerprint density at radius 3 is 2.52 bits per heavy atom. The highest BCUT2D eigenvalue weighted by molar-refractivity contribution is 14.1. The first kappa shape index (κ1) is 22.0. The van der Waals surface area contributed by atoms with Crippen LogP contribution >= 0.6 is 22.6 Å². The molecule has 1 aromatic carbocycles. The van der Waals surface area contributed by atoms with Gasteiger partial charge in [0.1, 0.15) is 0 Å². The summed E-state index contributed by atoms with van der Waals surface area (Å²) in [7, 11) is 1.54. The van der Waals surface area contributed by atoms with E-state index in [1.165, 1.54) is 12.7 Å². The number of methoxy groups -OCH3 is 1. The van der Waals surface area contributed by atoms with Crippen LogP contribution in [0.3, 0.4) is 0 Å². The molecule has 0 unspecified atom stereocenters. The third kappa shape index (κ3) is 6.64. The number of hydrogen-bond acceptors (Lipinski definition) is 4. The van der Waals surface area contributed by atoms with Gasteiger partial charge in [0.2, 0.25) is 0 Å². The van der Waals surface area contributed by atoms with Gasteiger partial charge in [0.25, 0.3) is 0 Å². The molecule has 0 fully saturated rings. The molecule has 0 saturated heterocycles. The first-order valence-electron chi connectivity index (χ1n) is 8.58. The minimum atomic E-state index is -0.618. The molecule has 1 rings (SSSR count). The molecule has 3 atom stereocenters. The van der Waals surface area contributed by atoms with Crippen molar-refractivity contribution in [3.05, 3.63) is 39.5 Å². The number of aliphatic hydroxyl groups is 2. The average molecular weight is 460 g/mol. The quantitative estimate of drug-likeness (QED) is 0.355. The van der Waals surface area contributed by atoms with Crippen LogP contribution in [0.1, 0.15) is 45.1 Å². The van der Waals surface area contributed by atoms with Crippen LogP contribution in [0.5, 0.6) is 11.5 Å². The van der Waals surface area contributed by atoms with Gasteiger partial charge >= 0.3 is 0 Å². The van der Waals surface area contributed by atoms with Gasteiger partial charge in [-0.1, -0.05) is 31.1 Å². The van der Waals surface area contributed by atoms with Crippen molar-refractivity contribution in [3.8, 4) is 11.5 Å². The van der Waals surface area contributed by atoms with Gasteiger partial charge in [0, 0.05) is 5.92 Å². The second kappa shape index (κ2) is 10.8. The van der Waals surface area contributed by atoms with Crippen molar-refractivity contribution >= 4 is 28.7 Å². The minimum Gasteiger partial charge on any atom is -0.504 e. The van der Waals surface area contributed by atoms with Crippen molar-refractivity contribution in [1.82, 2.24) is 0 Å². The van der Waals surface area contributed by atoms with Gasteiger partial charge < -0.3 is 20.1 Å². The van der Waals surface area contributed by atoms with E-state index in [0.29, 0.717) is 12.2 Å². The molecule has 140 valence electrons. The predicted octanol–water partition coefficient (Wildman–Crippen LogP) is 4.51. The van der Waals surface area contributed by atoms with E-state index in [-0.39, 0.29) is 11.7 Å². The normalized spacial score (nSPS) is 15.5. The fourth-order valence-electron chi connectivity index (χ4n) is 2.86. The van der Waals surface area contributed by atoms with Gasteiger partial charge in [0.15, 0.2) is 11.5 Å². The number of halogens is 1. The number of aromatic hydroxyl groups is 1. The van der Waals surface area contributed by atoms with Gasteiger partial charge in [0.05, 0.1) is 22.9 Å². The van der Waals surface area contributed by atoms with E-state index in [1.54, 1.807) is 13.0 Å². The monoisotopic (exact) mass is 460 g/mol. The standard InChI is InChI=1S/C20H29IO4/c1-5-7-14(8-9-18(23)16(6-2)13(3)22)10-15-11-17(21)20(24)19(12-15)25-4/h6,10-13,16,18,22-24H,2,5,7-9H2,1,3-4H3/b14-10+/t13-,16+,18-/m1/s1. The lowest BCUT2D eigenvalue weighted by molar-refractivity contribution is 0.0421. The summed E-state index contributed by atoms with van der Waals surface area (Å²) in [6.07, 6.45) is 5.72. The molecular weight excluding hydrogens is 431 g/mol. The molecule has 0 saturated carbocycles. The third-order valence-corrected chi connectivity index (χ3v) is 5.07. The van der Waals surface area contributed by atoms with Crippen molar-refractivity contribution in [2.75, 3.05) is 7.11 Å². The summed E-state index contributed by atoms with van der Waals surface area (Å²) in [5.74, 6) is 0.283. The van der Waals surface area contributed by atoms with Crippen LogP contribution in [-0.4, -0.2) is 34.6 Å². The smallest absolute Gasteiger partial charge is 0.171 e. The Balaban J connectivity index is 2.94. The highest BCUT2D eigenvalue weighted by Crippen LogP contribution is 2.33. The molecule has 0 aliphatic heterocycles. The van der Waals surface area contributed by atoms with E-state index in [1.807, 2.05) is 12.1 Å². The molecule has 4 nitrogen and oxygen atoms in total.